The second-order valence-electron chi connectivity index (χ2n) is 5.33. The van der Waals surface area contributed by atoms with Crippen molar-refractivity contribution in [1.82, 2.24) is 15.1 Å². The maximum Gasteiger partial charge on any atom is 0.232 e. The minimum Gasteiger partial charge on any atom is -0.348 e. The van der Waals surface area contributed by atoms with Gasteiger partial charge in [-0.2, -0.15) is 0 Å². The number of carbonyl (C=O) groups is 2. The molecule has 2 rings (SSSR count). The van der Waals surface area contributed by atoms with Crippen molar-refractivity contribution in [2.75, 3.05) is 33.7 Å². The van der Waals surface area contributed by atoms with E-state index in [2.05, 4.69) is 5.32 Å². The van der Waals surface area contributed by atoms with Gasteiger partial charge in [0.05, 0.1) is 6.04 Å². The molecular formula is C15H20ClN3O2. The first-order valence-corrected chi connectivity index (χ1v) is 7.32. The first-order chi connectivity index (χ1) is 9.99. The van der Waals surface area contributed by atoms with Gasteiger partial charge in [-0.05, 0) is 17.7 Å². The molecule has 114 valence electrons. The Morgan fingerprint density at radius 3 is 2.86 bits per heavy atom. The molecule has 1 saturated heterocycles. The molecule has 1 fully saturated rings. The number of nitrogens with zero attached hydrogens (tertiary/aromatic N) is 2. The molecule has 2 amide bonds. The lowest BCUT2D eigenvalue weighted by Crippen LogP contribution is -2.49. The molecule has 0 aromatic heterocycles. The molecular weight excluding hydrogens is 290 g/mol. The molecule has 21 heavy (non-hydrogen) atoms. The fourth-order valence-electron chi connectivity index (χ4n) is 2.40. The third-order valence-corrected chi connectivity index (χ3v) is 3.83. The van der Waals surface area contributed by atoms with E-state index in [1.54, 1.807) is 19.0 Å². The standard InChI is InChI=1S/C15H20ClN3O2/c1-18(2)14(20)9-15(21)19-7-6-17-10-13(19)11-4-3-5-12(16)8-11/h3-5,8,13,17H,6-7,9-10H2,1-2H3. The van der Waals surface area contributed by atoms with Gasteiger partial charge < -0.3 is 15.1 Å². The summed E-state index contributed by atoms with van der Waals surface area (Å²) in [6.07, 6.45) is -0.0932. The number of nitrogens with one attached hydrogen (secondary N) is 1. The maximum absolute atomic E-state index is 12.4. The van der Waals surface area contributed by atoms with Crippen LogP contribution in [0.15, 0.2) is 24.3 Å². The summed E-state index contributed by atoms with van der Waals surface area (Å²) in [5.41, 5.74) is 0.986. The largest absolute Gasteiger partial charge is 0.348 e. The van der Waals surface area contributed by atoms with E-state index in [0.717, 1.165) is 12.1 Å². The van der Waals surface area contributed by atoms with Gasteiger partial charge in [0.2, 0.25) is 11.8 Å². The minimum atomic E-state index is -0.177. The van der Waals surface area contributed by atoms with E-state index in [1.807, 2.05) is 24.3 Å². The lowest BCUT2D eigenvalue weighted by Gasteiger charge is -2.36. The van der Waals surface area contributed by atoms with Crippen LogP contribution >= 0.6 is 11.6 Å². The molecule has 0 spiro atoms. The molecule has 0 aliphatic carbocycles. The van der Waals surface area contributed by atoms with Crippen molar-refractivity contribution < 1.29 is 9.59 Å². The number of rotatable bonds is 3. The van der Waals surface area contributed by atoms with Crippen molar-refractivity contribution in [3.63, 3.8) is 0 Å². The lowest BCUT2D eigenvalue weighted by molar-refractivity contribution is -0.141. The summed E-state index contributed by atoms with van der Waals surface area (Å²) in [5, 5.41) is 3.93. The Morgan fingerprint density at radius 1 is 1.43 bits per heavy atom. The van der Waals surface area contributed by atoms with Gasteiger partial charge in [-0.15, -0.1) is 0 Å². The highest BCUT2D eigenvalue weighted by molar-refractivity contribution is 6.30. The summed E-state index contributed by atoms with van der Waals surface area (Å²) < 4.78 is 0. The number of piperazine rings is 1. The van der Waals surface area contributed by atoms with Crippen LogP contribution in [0.3, 0.4) is 0 Å². The Hall–Kier alpha value is -1.59. The minimum absolute atomic E-state index is 0.0834. The first-order valence-electron chi connectivity index (χ1n) is 6.95. The highest BCUT2D eigenvalue weighted by Crippen LogP contribution is 2.25. The Kier molecular flexibility index (Phi) is 5.20. The van der Waals surface area contributed by atoms with Gasteiger partial charge in [-0.25, -0.2) is 0 Å². The number of hydrogen-bond donors (Lipinski definition) is 1. The molecule has 0 radical (unpaired) electrons. The van der Waals surface area contributed by atoms with Crippen LogP contribution in [0, 0.1) is 0 Å². The summed E-state index contributed by atoms with van der Waals surface area (Å²) in [4.78, 5) is 27.3. The second kappa shape index (κ2) is 6.91. The van der Waals surface area contributed by atoms with Gasteiger partial charge in [-0.3, -0.25) is 9.59 Å². The summed E-state index contributed by atoms with van der Waals surface area (Å²) in [7, 11) is 3.31. The van der Waals surface area contributed by atoms with Crippen molar-refractivity contribution in [3.8, 4) is 0 Å². The van der Waals surface area contributed by atoms with Crippen LogP contribution in [0.1, 0.15) is 18.0 Å². The Bertz CT molecular complexity index is 533. The first kappa shape index (κ1) is 15.8. The Balaban J connectivity index is 2.15. The van der Waals surface area contributed by atoms with Crippen molar-refractivity contribution in [2.24, 2.45) is 0 Å². The van der Waals surface area contributed by atoms with Gasteiger partial charge in [0, 0.05) is 38.8 Å². The van der Waals surface area contributed by atoms with Crippen molar-refractivity contribution in [1.29, 1.82) is 0 Å². The Labute approximate surface area is 129 Å². The zero-order valence-corrected chi connectivity index (χ0v) is 13.1. The average molecular weight is 310 g/mol. The van der Waals surface area contributed by atoms with E-state index in [-0.39, 0.29) is 24.3 Å². The fraction of sp³-hybridized carbons (Fsp3) is 0.467. The molecule has 0 saturated carbocycles. The molecule has 1 N–H and O–H groups in total. The van der Waals surface area contributed by atoms with Gasteiger partial charge in [0.25, 0.3) is 0 Å². The predicted octanol–water partition coefficient (Wildman–Crippen LogP) is 1.29. The SMILES string of the molecule is CN(C)C(=O)CC(=O)N1CCNCC1c1cccc(Cl)c1. The highest BCUT2D eigenvalue weighted by atomic mass is 35.5. The Morgan fingerprint density at radius 2 is 2.19 bits per heavy atom. The van der Waals surface area contributed by atoms with Crippen LogP contribution < -0.4 is 5.32 Å². The van der Waals surface area contributed by atoms with E-state index in [0.29, 0.717) is 18.1 Å². The molecule has 1 aromatic carbocycles. The predicted molar refractivity (Wildman–Crippen MR) is 82.1 cm³/mol. The summed E-state index contributed by atoms with van der Waals surface area (Å²) in [6, 6.07) is 7.42. The normalized spacial score (nSPS) is 18.4. The van der Waals surface area contributed by atoms with E-state index < -0.39 is 0 Å². The van der Waals surface area contributed by atoms with E-state index in [9.17, 15) is 9.59 Å². The van der Waals surface area contributed by atoms with Gasteiger partial charge in [0.15, 0.2) is 0 Å². The number of halogens is 1. The quantitative estimate of drug-likeness (QED) is 0.856. The zero-order chi connectivity index (χ0) is 15.4. The fourth-order valence-corrected chi connectivity index (χ4v) is 2.60. The number of hydrogen-bond acceptors (Lipinski definition) is 3. The maximum atomic E-state index is 12.4. The van der Waals surface area contributed by atoms with E-state index >= 15 is 0 Å². The summed E-state index contributed by atoms with van der Waals surface area (Å²) >= 11 is 6.03. The van der Waals surface area contributed by atoms with Crippen LogP contribution in [0.4, 0.5) is 0 Å². The van der Waals surface area contributed by atoms with Crippen LogP contribution in [0.2, 0.25) is 5.02 Å². The van der Waals surface area contributed by atoms with Gasteiger partial charge in [-0.1, -0.05) is 23.7 Å². The molecule has 1 aromatic rings. The third-order valence-electron chi connectivity index (χ3n) is 3.60. The van der Waals surface area contributed by atoms with Crippen molar-refractivity contribution in [2.45, 2.75) is 12.5 Å². The molecule has 1 atom stereocenters. The zero-order valence-electron chi connectivity index (χ0n) is 12.3. The van der Waals surface area contributed by atoms with Crippen LogP contribution in [0.25, 0.3) is 0 Å². The van der Waals surface area contributed by atoms with Crippen LogP contribution in [-0.4, -0.2) is 55.3 Å². The summed E-state index contributed by atoms with van der Waals surface area (Å²) in [5.74, 6) is -0.316. The van der Waals surface area contributed by atoms with Gasteiger partial charge in [0.1, 0.15) is 6.42 Å². The average Bonchev–Trinajstić information content (AvgIpc) is 2.47. The highest BCUT2D eigenvalue weighted by Gasteiger charge is 2.29. The molecule has 1 aliphatic heterocycles. The molecule has 6 heteroatoms. The molecule has 1 heterocycles. The van der Waals surface area contributed by atoms with Crippen LogP contribution in [-0.2, 0) is 9.59 Å². The molecule has 1 unspecified atom stereocenters. The third kappa shape index (κ3) is 3.95. The lowest BCUT2D eigenvalue weighted by atomic mass is 10.0. The van der Waals surface area contributed by atoms with Crippen LogP contribution in [0.5, 0.6) is 0 Å². The monoisotopic (exact) mass is 309 g/mol. The molecule has 1 aliphatic rings. The molecule has 0 bridgehead atoms. The number of benzene rings is 1. The van der Waals surface area contributed by atoms with Crippen molar-refractivity contribution in [3.05, 3.63) is 34.9 Å². The van der Waals surface area contributed by atoms with Crippen molar-refractivity contribution >= 4 is 23.4 Å². The topological polar surface area (TPSA) is 52.7 Å². The summed E-state index contributed by atoms with van der Waals surface area (Å²) in [6.45, 7) is 2.00. The van der Waals surface area contributed by atoms with E-state index in [4.69, 9.17) is 11.6 Å². The smallest absolute Gasteiger partial charge is 0.232 e. The van der Waals surface area contributed by atoms with Gasteiger partial charge >= 0.3 is 0 Å². The second-order valence-corrected chi connectivity index (χ2v) is 5.76. The van der Waals surface area contributed by atoms with E-state index in [1.165, 1.54) is 4.90 Å². The number of amides is 2. The number of carbonyl (C=O) groups excluding carboxylic acids is 2. The molecule has 5 nitrogen and oxygen atoms in total.